The van der Waals surface area contributed by atoms with Gasteiger partial charge in [-0.3, -0.25) is 4.98 Å². The monoisotopic (exact) mass is 192 g/mol. The Kier molecular flexibility index (Phi) is 2.68. The van der Waals surface area contributed by atoms with Crippen LogP contribution in [-0.4, -0.2) is 18.1 Å². The molecule has 0 amide bonds. The van der Waals surface area contributed by atoms with Gasteiger partial charge in [0.1, 0.15) is 0 Å². The largest absolute Gasteiger partial charge is 0.381 e. The second kappa shape index (κ2) is 3.96. The smallest absolute Gasteiger partial charge is 0.0909 e. The van der Waals surface area contributed by atoms with E-state index in [9.17, 15) is 0 Å². The van der Waals surface area contributed by atoms with Gasteiger partial charge in [0.15, 0.2) is 0 Å². The molecule has 1 aliphatic rings. The standard InChI is InChI=1S/C11H16N2O/c1-3-9-6-13-10-7-14-5-4-12-11(10)8(9)2/h6,12H,3-5,7H2,1-2H3. The molecule has 3 heteroatoms. The van der Waals surface area contributed by atoms with E-state index in [4.69, 9.17) is 4.74 Å². The summed E-state index contributed by atoms with van der Waals surface area (Å²) in [6, 6.07) is 0. The Balaban J connectivity index is 2.44. The summed E-state index contributed by atoms with van der Waals surface area (Å²) >= 11 is 0. The van der Waals surface area contributed by atoms with Gasteiger partial charge in [-0.25, -0.2) is 0 Å². The predicted octanol–water partition coefficient (Wildman–Crippen LogP) is 1.89. The molecule has 0 fully saturated rings. The molecule has 0 aromatic carbocycles. The minimum Gasteiger partial charge on any atom is -0.381 e. The van der Waals surface area contributed by atoms with Gasteiger partial charge in [-0.1, -0.05) is 6.92 Å². The Bertz CT molecular complexity index is 336. The van der Waals surface area contributed by atoms with Crippen molar-refractivity contribution in [1.29, 1.82) is 0 Å². The molecule has 0 saturated heterocycles. The lowest BCUT2D eigenvalue weighted by Gasteiger charge is -2.12. The highest BCUT2D eigenvalue weighted by Crippen LogP contribution is 2.24. The van der Waals surface area contributed by atoms with E-state index in [0.29, 0.717) is 6.61 Å². The summed E-state index contributed by atoms with van der Waals surface area (Å²) in [5.41, 5.74) is 4.86. The van der Waals surface area contributed by atoms with Gasteiger partial charge in [0.25, 0.3) is 0 Å². The van der Waals surface area contributed by atoms with Gasteiger partial charge in [-0.15, -0.1) is 0 Å². The molecule has 0 spiro atoms. The number of anilines is 1. The summed E-state index contributed by atoms with van der Waals surface area (Å²) in [5, 5.41) is 3.38. The number of rotatable bonds is 1. The molecule has 0 unspecified atom stereocenters. The number of pyridine rings is 1. The third-order valence-electron chi connectivity index (χ3n) is 2.69. The van der Waals surface area contributed by atoms with Gasteiger partial charge in [-0.2, -0.15) is 0 Å². The molecule has 0 saturated carbocycles. The van der Waals surface area contributed by atoms with Gasteiger partial charge in [0.05, 0.1) is 24.6 Å². The van der Waals surface area contributed by atoms with Crippen LogP contribution in [0.5, 0.6) is 0 Å². The molecule has 3 nitrogen and oxygen atoms in total. The Morgan fingerprint density at radius 2 is 2.43 bits per heavy atom. The maximum Gasteiger partial charge on any atom is 0.0909 e. The minimum absolute atomic E-state index is 0.632. The summed E-state index contributed by atoms with van der Waals surface area (Å²) in [6.45, 7) is 6.58. The highest BCUT2D eigenvalue weighted by Gasteiger charge is 2.12. The first-order valence-corrected chi connectivity index (χ1v) is 5.12. The van der Waals surface area contributed by atoms with Crippen molar-refractivity contribution >= 4 is 5.69 Å². The minimum atomic E-state index is 0.632. The second-order valence-corrected chi connectivity index (χ2v) is 3.56. The second-order valence-electron chi connectivity index (χ2n) is 3.56. The van der Waals surface area contributed by atoms with E-state index >= 15 is 0 Å². The zero-order valence-electron chi connectivity index (χ0n) is 8.76. The lowest BCUT2D eigenvalue weighted by molar-refractivity contribution is 0.132. The molecule has 2 heterocycles. The van der Waals surface area contributed by atoms with Crippen LogP contribution < -0.4 is 5.32 Å². The van der Waals surface area contributed by atoms with Crippen molar-refractivity contribution in [2.45, 2.75) is 26.9 Å². The molecule has 1 N–H and O–H groups in total. The molecule has 1 aromatic heterocycles. The Morgan fingerprint density at radius 1 is 1.57 bits per heavy atom. The van der Waals surface area contributed by atoms with Crippen LogP contribution in [-0.2, 0) is 17.8 Å². The average Bonchev–Trinajstić information content (AvgIpc) is 2.44. The molecule has 14 heavy (non-hydrogen) atoms. The highest BCUT2D eigenvalue weighted by atomic mass is 16.5. The first kappa shape index (κ1) is 9.46. The number of nitrogens with zero attached hydrogens (tertiary/aromatic N) is 1. The maximum absolute atomic E-state index is 5.42. The number of hydrogen-bond donors (Lipinski definition) is 1. The van der Waals surface area contributed by atoms with E-state index in [1.54, 1.807) is 0 Å². The topological polar surface area (TPSA) is 34.2 Å². The van der Waals surface area contributed by atoms with Crippen molar-refractivity contribution in [2.75, 3.05) is 18.5 Å². The van der Waals surface area contributed by atoms with Gasteiger partial charge in [-0.05, 0) is 24.5 Å². The van der Waals surface area contributed by atoms with E-state index in [1.807, 2.05) is 6.20 Å². The lowest BCUT2D eigenvalue weighted by atomic mass is 10.1. The SMILES string of the molecule is CCc1cnc2c(c1C)NCCOC2. The molecule has 0 radical (unpaired) electrons. The van der Waals surface area contributed by atoms with Gasteiger partial charge >= 0.3 is 0 Å². The Hall–Kier alpha value is -1.09. The van der Waals surface area contributed by atoms with Crippen LogP contribution in [0.3, 0.4) is 0 Å². The lowest BCUT2D eigenvalue weighted by Crippen LogP contribution is -2.07. The van der Waals surface area contributed by atoms with Crippen LogP contribution in [0.15, 0.2) is 6.20 Å². The molecule has 1 aromatic rings. The fourth-order valence-corrected chi connectivity index (χ4v) is 1.81. The summed E-state index contributed by atoms with van der Waals surface area (Å²) in [5.74, 6) is 0. The van der Waals surface area contributed by atoms with E-state index in [2.05, 4.69) is 24.1 Å². The van der Waals surface area contributed by atoms with Crippen LogP contribution in [0.4, 0.5) is 5.69 Å². The Morgan fingerprint density at radius 3 is 3.21 bits per heavy atom. The molecular weight excluding hydrogens is 176 g/mol. The maximum atomic E-state index is 5.42. The number of aryl methyl sites for hydroxylation is 1. The summed E-state index contributed by atoms with van der Waals surface area (Å²) in [4.78, 5) is 4.42. The Labute approximate surface area is 84.5 Å². The number of hydrogen-bond acceptors (Lipinski definition) is 3. The first-order valence-electron chi connectivity index (χ1n) is 5.12. The van der Waals surface area contributed by atoms with Crippen LogP contribution in [0, 0.1) is 6.92 Å². The number of fused-ring (bicyclic) bond motifs is 1. The van der Waals surface area contributed by atoms with Crippen molar-refractivity contribution in [1.82, 2.24) is 4.98 Å². The number of ether oxygens (including phenoxy) is 1. The summed E-state index contributed by atoms with van der Waals surface area (Å²) in [6.07, 6.45) is 3.00. The fraction of sp³-hybridized carbons (Fsp3) is 0.545. The molecule has 1 aliphatic heterocycles. The van der Waals surface area contributed by atoms with Crippen molar-refractivity contribution < 1.29 is 4.74 Å². The predicted molar refractivity (Wildman–Crippen MR) is 56.5 cm³/mol. The quantitative estimate of drug-likeness (QED) is 0.738. The molecule has 2 rings (SSSR count). The molecular formula is C11H16N2O. The van der Waals surface area contributed by atoms with Crippen molar-refractivity contribution in [3.8, 4) is 0 Å². The fourth-order valence-electron chi connectivity index (χ4n) is 1.81. The highest BCUT2D eigenvalue weighted by molar-refractivity contribution is 5.57. The van der Waals surface area contributed by atoms with Crippen LogP contribution in [0.25, 0.3) is 0 Å². The van der Waals surface area contributed by atoms with E-state index in [-0.39, 0.29) is 0 Å². The van der Waals surface area contributed by atoms with Crippen molar-refractivity contribution in [2.24, 2.45) is 0 Å². The van der Waals surface area contributed by atoms with E-state index in [0.717, 1.165) is 25.3 Å². The number of nitrogens with one attached hydrogen (secondary N) is 1. The third kappa shape index (κ3) is 1.60. The van der Waals surface area contributed by atoms with Gasteiger partial charge in [0, 0.05) is 12.7 Å². The molecule has 0 atom stereocenters. The summed E-state index contributed by atoms with van der Waals surface area (Å²) in [7, 11) is 0. The zero-order valence-corrected chi connectivity index (χ0v) is 8.76. The van der Waals surface area contributed by atoms with Gasteiger partial charge < -0.3 is 10.1 Å². The molecule has 76 valence electrons. The molecule has 0 bridgehead atoms. The molecule has 0 aliphatic carbocycles. The third-order valence-corrected chi connectivity index (χ3v) is 2.69. The van der Waals surface area contributed by atoms with Crippen LogP contribution in [0.2, 0.25) is 0 Å². The summed E-state index contributed by atoms with van der Waals surface area (Å²) < 4.78 is 5.42. The van der Waals surface area contributed by atoms with Crippen molar-refractivity contribution in [3.05, 3.63) is 23.0 Å². The zero-order chi connectivity index (χ0) is 9.97. The van der Waals surface area contributed by atoms with E-state index < -0.39 is 0 Å². The van der Waals surface area contributed by atoms with Gasteiger partial charge in [0.2, 0.25) is 0 Å². The first-order chi connectivity index (χ1) is 6.83. The van der Waals surface area contributed by atoms with Crippen molar-refractivity contribution in [3.63, 3.8) is 0 Å². The van der Waals surface area contributed by atoms with Crippen LogP contribution in [0.1, 0.15) is 23.7 Å². The average molecular weight is 192 g/mol. The van der Waals surface area contributed by atoms with Crippen LogP contribution >= 0.6 is 0 Å². The normalized spacial score (nSPS) is 15.6. The number of aromatic nitrogens is 1. The van der Waals surface area contributed by atoms with E-state index in [1.165, 1.54) is 16.8 Å².